The van der Waals surface area contributed by atoms with Gasteiger partial charge in [-0.05, 0) is 17.7 Å². The molecule has 5 nitrogen and oxygen atoms in total. The molecule has 6 heteroatoms. The van der Waals surface area contributed by atoms with Crippen LogP contribution in [0.25, 0.3) is 0 Å². The van der Waals surface area contributed by atoms with Gasteiger partial charge in [0.25, 0.3) is 0 Å². The Labute approximate surface area is 129 Å². The van der Waals surface area contributed by atoms with Crippen molar-refractivity contribution < 1.29 is 9.59 Å². The second-order valence-corrected chi connectivity index (χ2v) is 5.78. The van der Waals surface area contributed by atoms with Crippen molar-refractivity contribution in [2.24, 2.45) is 0 Å². The number of benzene rings is 1. The summed E-state index contributed by atoms with van der Waals surface area (Å²) in [7, 11) is 3.41. The Morgan fingerprint density at radius 1 is 1.33 bits per heavy atom. The third-order valence-corrected chi connectivity index (χ3v) is 3.81. The number of piperazine rings is 1. The molecule has 1 unspecified atom stereocenters. The molecule has 0 spiro atoms. The van der Waals surface area contributed by atoms with Crippen LogP contribution in [0.15, 0.2) is 24.3 Å². The van der Waals surface area contributed by atoms with Crippen molar-refractivity contribution in [3.8, 4) is 0 Å². The maximum absolute atomic E-state index is 12.5. The van der Waals surface area contributed by atoms with Gasteiger partial charge in [-0.25, -0.2) is 0 Å². The zero-order chi connectivity index (χ0) is 15.4. The predicted molar refractivity (Wildman–Crippen MR) is 82.2 cm³/mol. The summed E-state index contributed by atoms with van der Waals surface area (Å²) >= 11 is 5.84. The second kappa shape index (κ2) is 6.91. The predicted octanol–water partition coefficient (Wildman–Crippen LogP) is 0.771. The summed E-state index contributed by atoms with van der Waals surface area (Å²) in [6, 6.07) is 6.79. The van der Waals surface area contributed by atoms with E-state index in [1.54, 1.807) is 31.1 Å². The first-order valence-electron chi connectivity index (χ1n) is 6.95. The van der Waals surface area contributed by atoms with Crippen LogP contribution in [0.4, 0.5) is 0 Å². The molecule has 1 aliphatic heterocycles. The highest BCUT2D eigenvalue weighted by atomic mass is 35.5. The lowest BCUT2D eigenvalue weighted by Crippen LogP contribution is -2.59. The minimum Gasteiger partial charge on any atom is -0.347 e. The highest BCUT2D eigenvalue weighted by molar-refractivity contribution is 6.30. The summed E-state index contributed by atoms with van der Waals surface area (Å²) < 4.78 is 0. The molecule has 1 atom stereocenters. The van der Waals surface area contributed by atoms with E-state index in [9.17, 15) is 9.59 Å². The lowest BCUT2D eigenvalue weighted by Gasteiger charge is -2.36. The highest BCUT2D eigenvalue weighted by Crippen LogP contribution is 2.13. The van der Waals surface area contributed by atoms with Gasteiger partial charge in [-0.1, -0.05) is 23.7 Å². The van der Waals surface area contributed by atoms with Gasteiger partial charge >= 0.3 is 0 Å². The van der Waals surface area contributed by atoms with Crippen LogP contribution in [0.5, 0.6) is 0 Å². The number of nitrogens with one attached hydrogen (secondary N) is 1. The summed E-state index contributed by atoms with van der Waals surface area (Å²) in [6.07, 6.45) is 0.286. The van der Waals surface area contributed by atoms with E-state index < -0.39 is 6.04 Å². The first kappa shape index (κ1) is 15.8. The SMILES string of the molecule is CN(C)C(=O)C1CNCCN1C(=O)Cc1ccc(Cl)cc1. The molecule has 0 radical (unpaired) electrons. The number of nitrogens with zero attached hydrogens (tertiary/aromatic N) is 2. The molecule has 0 bridgehead atoms. The molecule has 21 heavy (non-hydrogen) atoms. The fraction of sp³-hybridized carbons (Fsp3) is 0.467. The molecule has 1 aromatic rings. The van der Waals surface area contributed by atoms with Crippen LogP contribution in [0.3, 0.4) is 0 Å². The van der Waals surface area contributed by atoms with E-state index in [-0.39, 0.29) is 18.2 Å². The molecule has 1 heterocycles. The largest absolute Gasteiger partial charge is 0.347 e. The van der Waals surface area contributed by atoms with Crippen LogP contribution < -0.4 is 5.32 Å². The van der Waals surface area contributed by atoms with E-state index in [4.69, 9.17) is 11.6 Å². The molecule has 1 aromatic carbocycles. The highest BCUT2D eigenvalue weighted by Gasteiger charge is 2.32. The quantitative estimate of drug-likeness (QED) is 0.897. The van der Waals surface area contributed by atoms with Crippen molar-refractivity contribution in [3.05, 3.63) is 34.9 Å². The number of amides is 2. The minimum absolute atomic E-state index is 0.0287. The summed E-state index contributed by atoms with van der Waals surface area (Å²) in [5.41, 5.74) is 0.902. The van der Waals surface area contributed by atoms with E-state index in [0.717, 1.165) is 5.56 Å². The number of rotatable bonds is 3. The summed E-state index contributed by atoms with van der Waals surface area (Å²) in [5.74, 6) is -0.0781. The Bertz CT molecular complexity index is 516. The number of halogens is 1. The van der Waals surface area contributed by atoms with Gasteiger partial charge in [-0.3, -0.25) is 9.59 Å². The van der Waals surface area contributed by atoms with E-state index in [0.29, 0.717) is 24.7 Å². The second-order valence-electron chi connectivity index (χ2n) is 5.34. The first-order chi connectivity index (χ1) is 9.99. The van der Waals surface area contributed by atoms with Crippen LogP contribution in [0.2, 0.25) is 5.02 Å². The third-order valence-electron chi connectivity index (χ3n) is 3.56. The maximum atomic E-state index is 12.5. The van der Waals surface area contributed by atoms with Crippen molar-refractivity contribution in [3.63, 3.8) is 0 Å². The van der Waals surface area contributed by atoms with E-state index >= 15 is 0 Å². The molecule has 0 saturated carbocycles. The zero-order valence-electron chi connectivity index (χ0n) is 12.3. The first-order valence-corrected chi connectivity index (χ1v) is 7.32. The van der Waals surface area contributed by atoms with E-state index in [1.165, 1.54) is 4.90 Å². The Hall–Kier alpha value is -1.59. The Morgan fingerprint density at radius 2 is 2.00 bits per heavy atom. The summed E-state index contributed by atoms with van der Waals surface area (Å²) in [4.78, 5) is 27.9. The smallest absolute Gasteiger partial charge is 0.246 e. The number of likely N-dealkylation sites (N-methyl/N-ethyl adjacent to an activating group) is 1. The maximum Gasteiger partial charge on any atom is 0.246 e. The van der Waals surface area contributed by atoms with Crippen molar-refractivity contribution in [1.82, 2.24) is 15.1 Å². The van der Waals surface area contributed by atoms with Crippen LogP contribution in [0, 0.1) is 0 Å². The number of carbonyl (C=O) groups excluding carboxylic acids is 2. The topological polar surface area (TPSA) is 52.7 Å². The lowest BCUT2D eigenvalue weighted by atomic mass is 10.1. The fourth-order valence-corrected chi connectivity index (χ4v) is 2.53. The molecular weight excluding hydrogens is 290 g/mol. The van der Waals surface area contributed by atoms with Crippen molar-refractivity contribution in [1.29, 1.82) is 0 Å². The normalized spacial score (nSPS) is 18.4. The Balaban J connectivity index is 2.08. The van der Waals surface area contributed by atoms with Gasteiger partial charge in [0, 0.05) is 38.8 Å². The average Bonchev–Trinajstić information content (AvgIpc) is 2.48. The Morgan fingerprint density at radius 3 is 2.62 bits per heavy atom. The molecule has 2 rings (SSSR count). The van der Waals surface area contributed by atoms with Gasteiger partial charge in [0.05, 0.1) is 6.42 Å². The Kier molecular flexibility index (Phi) is 5.20. The molecule has 1 fully saturated rings. The van der Waals surface area contributed by atoms with Crippen LogP contribution >= 0.6 is 11.6 Å². The van der Waals surface area contributed by atoms with E-state index in [1.807, 2.05) is 12.1 Å². The molecule has 1 saturated heterocycles. The van der Waals surface area contributed by atoms with Gasteiger partial charge in [0.2, 0.25) is 11.8 Å². The number of hydrogen-bond acceptors (Lipinski definition) is 3. The van der Waals surface area contributed by atoms with E-state index in [2.05, 4.69) is 5.32 Å². The van der Waals surface area contributed by atoms with Crippen molar-refractivity contribution >= 4 is 23.4 Å². The van der Waals surface area contributed by atoms with Gasteiger partial charge in [-0.15, -0.1) is 0 Å². The molecule has 1 N–H and O–H groups in total. The molecule has 0 aliphatic carbocycles. The van der Waals surface area contributed by atoms with Crippen LogP contribution in [-0.4, -0.2) is 61.4 Å². The fourth-order valence-electron chi connectivity index (χ4n) is 2.40. The third kappa shape index (κ3) is 3.95. The van der Waals surface area contributed by atoms with Gasteiger partial charge in [0.1, 0.15) is 6.04 Å². The van der Waals surface area contributed by atoms with Gasteiger partial charge < -0.3 is 15.1 Å². The molecule has 0 aromatic heterocycles. The molecule has 114 valence electrons. The van der Waals surface area contributed by atoms with Crippen molar-refractivity contribution in [2.75, 3.05) is 33.7 Å². The average molecular weight is 310 g/mol. The molecule has 1 aliphatic rings. The summed E-state index contributed by atoms with van der Waals surface area (Å²) in [6.45, 7) is 1.77. The van der Waals surface area contributed by atoms with Gasteiger partial charge in [0.15, 0.2) is 0 Å². The van der Waals surface area contributed by atoms with Crippen LogP contribution in [-0.2, 0) is 16.0 Å². The summed E-state index contributed by atoms with van der Waals surface area (Å²) in [5, 5.41) is 3.82. The minimum atomic E-state index is -0.423. The van der Waals surface area contributed by atoms with Crippen molar-refractivity contribution in [2.45, 2.75) is 12.5 Å². The standard InChI is InChI=1S/C15H20ClN3O2/c1-18(2)15(21)13-10-17-7-8-19(13)14(20)9-11-3-5-12(16)6-4-11/h3-6,13,17H,7-10H2,1-2H3. The number of hydrogen-bond donors (Lipinski definition) is 1. The van der Waals surface area contributed by atoms with Crippen LogP contribution in [0.1, 0.15) is 5.56 Å². The molecular formula is C15H20ClN3O2. The molecule has 2 amide bonds. The van der Waals surface area contributed by atoms with Gasteiger partial charge in [-0.2, -0.15) is 0 Å². The number of carbonyl (C=O) groups is 2. The lowest BCUT2D eigenvalue weighted by molar-refractivity contribution is -0.145. The zero-order valence-corrected chi connectivity index (χ0v) is 13.1. The monoisotopic (exact) mass is 309 g/mol.